The zero-order valence-electron chi connectivity index (χ0n) is 15.5. The Balaban J connectivity index is 1.41. The van der Waals surface area contributed by atoms with Gasteiger partial charge in [0.05, 0.1) is 0 Å². The Bertz CT molecular complexity index is 1040. The van der Waals surface area contributed by atoms with Crippen molar-refractivity contribution in [3.05, 3.63) is 58.4 Å². The van der Waals surface area contributed by atoms with E-state index in [0.717, 1.165) is 34.3 Å². The number of ether oxygens (including phenoxy) is 1. The van der Waals surface area contributed by atoms with Gasteiger partial charge in [-0.25, -0.2) is 4.79 Å². The van der Waals surface area contributed by atoms with Gasteiger partial charge in [0.25, 0.3) is 0 Å². The number of hydrogen-bond donors (Lipinski definition) is 0. The average Bonchev–Trinajstić information content (AvgIpc) is 3.22. The number of hydrogen-bond acceptors (Lipinski definition) is 6. The van der Waals surface area contributed by atoms with Gasteiger partial charge in [-0.1, -0.05) is 58.3 Å². The fourth-order valence-corrected chi connectivity index (χ4v) is 6.60. The highest BCUT2D eigenvalue weighted by Gasteiger charge is 2.16. The zero-order valence-corrected chi connectivity index (χ0v) is 17.2. The minimum atomic E-state index is -0.430. The molecule has 0 radical (unpaired) electrons. The maximum atomic E-state index is 12.2. The lowest BCUT2D eigenvalue weighted by atomic mass is 10.0. The molecule has 0 saturated carbocycles. The third-order valence-electron chi connectivity index (χ3n) is 4.99. The minimum Gasteiger partial charge on any atom is -0.461 e. The van der Waals surface area contributed by atoms with Gasteiger partial charge in [-0.2, -0.15) is 0 Å². The Morgan fingerprint density at radius 1 is 1.18 bits per heavy atom. The fourth-order valence-electron chi connectivity index (χ4n) is 3.57. The van der Waals surface area contributed by atoms with Crippen molar-refractivity contribution in [2.75, 3.05) is 5.75 Å². The quantitative estimate of drug-likeness (QED) is 0.162. The van der Waals surface area contributed by atoms with Crippen LogP contribution in [0.5, 0.6) is 0 Å². The van der Waals surface area contributed by atoms with Gasteiger partial charge in [0.2, 0.25) is 0 Å². The Kier molecular flexibility index (Phi) is 6.27. The molecule has 146 valence electrons. The van der Waals surface area contributed by atoms with Gasteiger partial charge < -0.3 is 9.15 Å². The van der Waals surface area contributed by atoms with E-state index < -0.39 is 5.63 Å². The third-order valence-corrected chi connectivity index (χ3v) is 7.99. The van der Waals surface area contributed by atoms with Crippen LogP contribution >= 0.6 is 21.6 Å². The highest BCUT2D eigenvalue weighted by Crippen LogP contribution is 2.39. The second-order valence-electron chi connectivity index (χ2n) is 6.99. The van der Waals surface area contributed by atoms with Crippen molar-refractivity contribution < 1.29 is 13.9 Å². The molecule has 1 atom stereocenters. The topological polar surface area (TPSA) is 56.5 Å². The molecule has 0 N–H and O–H groups in total. The largest absolute Gasteiger partial charge is 0.461 e. The van der Waals surface area contributed by atoms with E-state index >= 15 is 0 Å². The van der Waals surface area contributed by atoms with Gasteiger partial charge in [-0.3, -0.25) is 4.79 Å². The number of carbonyl (C=O) groups is 1. The molecule has 0 aliphatic carbocycles. The van der Waals surface area contributed by atoms with Crippen LogP contribution in [0.2, 0.25) is 0 Å². The summed E-state index contributed by atoms with van der Waals surface area (Å²) < 4.78 is 10.8. The maximum absolute atomic E-state index is 12.2. The second kappa shape index (κ2) is 9.05. The van der Waals surface area contributed by atoms with Gasteiger partial charge in [-0.15, -0.1) is 0 Å². The SMILES string of the molecule is O=C(CCCC[C@H]1CCSS1)OCc1cc(=O)oc2ccc3ccccc3c12. The van der Waals surface area contributed by atoms with E-state index in [0.29, 0.717) is 17.6 Å². The molecule has 4 nitrogen and oxygen atoms in total. The van der Waals surface area contributed by atoms with E-state index in [9.17, 15) is 9.59 Å². The molecule has 1 aliphatic rings. The lowest BCUT2D eigenvalue weighted by Crippen LogP contribution is -2.08. The predicted molar refractivity (Wildman–Crippen MR) is 117 cm³/mol. The summed E-state index contributed by atoms with van der Waals surface area (Å²) in [7, 11) is 3.92. The number of unbranched alkanes of at least 4 members (excludes halogenated alkanes) is 1. The normalized spacial score (nSPS) is 16.6. The standard InChI is InChI=1S/C22H22O4S2/c23-20(8-4-2-6-17-11-12-27-28-17)25-14-16-13-21(24)26-19-10-9-15-5-1-3-7-18(15)22(16)19/h1,3,5,7,9-10,13,17H,2,4,6,8,11-12,14H2/t17-/m0/s1. The molecule has 3 aromatic rings. The van der Waals surface area contributed by atoms with Gasteiger partial charge in [0, 0.05) is 34.4 Å². The number of rotatable bonds is 7. The molecular formula is C22H22O4S2. The van der Waals surface area contributed by atoms with Gasteiger partial charge in [0.15, 0.2) is 0 Å². The van der Waals surface area contributed by atoms with Crippen LogP contribution in [0, 0.1) is 0 Å². The summed E-state index contributed by atoms with van der Waals surface area (Å²) >= 11 is 0. The molecule has 4 rings (SSSR count). The highest BCUT2D eigenvalue weighted by molar-refractivity contribution is 8.77. The van der Waals surface area contributed by atoms with Crippen LogP contribution in [0.15, 0.2) is 51.7 Å². The lowest BCUT2D eigenvalue weighted by molar-refractivity contribution is -0.145. The molecule has 2 aromatic carbocycles. The van der Waals surface area contributed by atoms with Crippen LogP contribution in [0.25, 0.3) is 21.7 Å². The summed E-state index contributed by atoms with van der Waals surface area (Å²) in [4.78, 5) is 24.1. The molecule has 6 heteroatoms. The van der Waals surface area contributed by atoms with Crippen molar-refractivity contribution in [3.63, 3.8) is 0 Å². The van der Waals surface area contributed by atoms with E-state index in [1.54, 1.807) is 6.07 Å². The summed E-state index contributed by atoms with van der Waals surface area (Å²) in [6.45, 7) is 0.0874. The molecule has 0 amide bonds. The van der Waals surface area contributed by atoms with E-state index in [1.165, 1.54) is 24.7 Å². The molecule has 28 heavy (non-hydrogen) atoms. The first-order valence-electron chi connectivity index (χ1n) is 9.59. The van der Waals surface area contributed by atoms with E-state index in [-0.39, 0.29) is 12.6 Å². The first kappa shape index (κ1) is 19.4. The first-order chi connectivity index (χ1) is 13.7. The summed E-state index contributed by atoms with van der Waals surface area (Å²) in [5.74, 6) is 1.03. The Morgan fingerprint density at radius 3 is 2.93 bits per heavy atom. The Hall–Kier alpha value is -1.92. The number of carbonyl (C=O) groups excluding carboxylic acids is 1. The molecule has 0 unspecified atom stereocenters. The van der Waals surface area contributed by atoms with Crippen molar-refractivity contribution in [1.82, 2.24) is 0 Å². The fraction of sp³-hybridized carbons (Fsp3) is 0.364. The van der Waals surface area contributed by atoms with Crippen molar-refractivity contribution >= 4 is 49.3 Å². The highest BCUT2D eigenvalue weighted by atomic mass is 33.1. The smallest absolute Gasteiger partial charge is 0.336 e. The first-order valence-corrected chi connectivity index (χ1v) is 12.0. The van der Waals surface area contributed by atoms with Crippen LogP contribution in [0.1, 0.15) is 37.7 Å². The van der Waals surface area contributed by atoms with E-state index in [1.807, 2.05) is 51.9 Å². The van der Waals surface area contributed by atoms with E-state index in [4.69, 9.17) is 9.15 Å². The van der Waals surface area contributed by atoms with Gasteiger partial charge in [0.1, 0.15) is 12.2 Å². The van der Waals surface area contributed by atoms with Gasteiger partial charge in [-0.05, 0) is 36.1 Å². The molecule has 1 aromatic heterocycles. The summed E-state index contributed by atoms with van der Waals surface area (Å²) in [6, 6.07) is 13.1. The average molecular weight is 415 g/mol. The Labute approximate surface area is 171 Å². The predicted octanol–water partition coefficient (Wildman–Crippen LogP) is 5.70. The van der Waals surface area contributed by atoms with Crippen molar-refractivity contribution in [3.8, 4) is 0 Å². The van der Waals surface area contributed by atoms with Crippen molar-refractivity contribution in [1.29, 1.82) is 0 Å². The molecule has 0 spiro atoms. The molecular weight excluding hydrogens is 392 g/mol. The third kappa shape index (κ3) is 4.55. The van der Waals surface area contributed by atoms with Crippen LogP contribution < -0.4 is 5.63 Å². The lowest BCUT2D eigenvalue weighted by Gasteiger charge is -2.10. The van der Waals surface area contributed by atoms with E-state index in [2.05, 4.69) is 0 Å². The van der Waals surface area contributed by atoms with Crippen molar-refractivity contribution in [2.24, 2.45) is 0 Å². The molecule has 0 bridgehead atoms. The molecule has 1 saturated heterocycles. The molecule has 2 heterocycles. The summed E-state index contributed by atoms with van der Waals surface area (Å²) in [5, 5.41) is 3.62. The van der Waals surface area contributed by atoms with Crippen LogP contribution in [0.3, 0.4) is 0 Å². The zero-order chi connectivity index (χ0) is 19.3. The second-order valence-corrected chi connectivity index (χ2v) is 9.77. The van der Waals surface area contributed by atoms with Gasteiger partial charge >= 0.3 is 11.6 Å². The van der Waals surface area contributed by atoms with Crippen LogP contribution in [-0.2, 0) is 16.1 Å². The molecule has 1 fully saturated rings. The minimum absolute atomic E-state index is 0.0874. The number of fused-ring (bicyclic) bond motifs is 3. The number of benzene rings is 2. The van der Waals surface area contributed by atoms with Crippen LogP contribution in [0.4, 0.5) is 0 Å². The van der Waals surface area contributed by atoms with Crippen LogP contribution in [-0.4, -0.2) is 17.0 Å². The Morgan fingerprint density at radius 2 is 2.07 bits per heavy atom. The monoisotopic (exact) mass is 414 g/mol. The number of esters is 1. The maximum Gasteiger partial charge on any atom is 0.336 e. The molecule has 1 aliphatic heterocycles. The summed E-state index contributed by atoms with van der Waals surface area (Å²) in [5.41, 5.74) is 0.778. The summed E-state index contributed by atoms with van der Waals surface area (Å²) in [6.07, 6.45) is 4.76. The van der Waals surface area contributed by atoms with Crippen molar-refractivity contribution in [2.45, 2.75) is 44.0 Å².